The zero-order chi connectivity index (χ0) is 22.1. The molecular weight excluding hydrogens is 437 g/mol. The van der Waals surface area contributed by atoms with Crippen LogP contribution in [0, 0.1) is 19.7 Å². The van der Waals surface area contributed by atoms with E-state index >= 15 is 0 Å². The summed E-state index contributed by atoms with van der Waals surface area (Å²) >= 11 is 7.28. The van der Waals surface area contributed by atoms with Crippen molar-refractivity contribution in [2.75, 3.05) is 16.8 Å². The number of nitrogens with zero attached hydrogens (tertiary/aromatic N) is 2. The Morgan fingerprint density at radius 3 is 2.71 bits per heavy atom. The Morgan fingerprint density at radius 2 is 2.00 bits per heavy atom. The number of halogens is 2. The van der Waals surface area contributed by atoms with E-state index in [1.807, 2.05) is 43.5 Å². The van der Waals surface area contributed by atoms with Gasteiger partial charge in [0.25, 0.3) is 0 Å². The van der Waals surface area contributed by atoms with E-state index in [4.69, 9.17) is 16.6 Å². The SMILES string of the molecule is Cc1cc2c(cc1C)N(CC(=O)Nc1ccc(Cl)cc1F)C(=O)CC(c1cccs1)=N2. The van der Waals surface area contributed by atoms with E-state index in [9.17, 15) is 14.0 Å². The zero-order valence-corrected chi connectivity index (χ0v) is 18.5. The molecule has 4 rings (SSSR count). The van der Waals surface area contributed by atoms with Gasteiger partial charge >= 0.3 is 0 Å². The van der Waals surface area contributed by atoms with Gasteiger partial charge in [0, 0.05) is 9.90 Å². The number of hydrogen-bond acceptors (Lipinski definition) is 4. The van der Waals surface area contributed by atoms with Crippen molar-refractivity contribution in [3.63, 3.8) is 0 Å². The molecule has 0 spiro atoms. The van der Waals surface area contributed by atoms with Gasteiger partial charge in [0.15, 0.2) is 0 Å². The average molecular weight is 456 g/mol. The highest BCUT2D eigenvalue weighted by Gasteiger charge is 2.28. The van der Waals surface area contributed by atoms with Gasteiger partial charge in [0.2, 0.25) is 11.8 Å². The number of fused-ring (bicyclic) bond motifs is 1. The van der Waals surface area contributed by atoms with Crippen LogP contribution in [0.1, 0.15) is 22.4 Å². The number of aliphatic imine (C=N–C) groups is 1. The molecule has 158 valence electrons. The van der Waals surface area contributed by atoms with Crippen LogP contribution in [0.2, 0.25) is 5.02 Å². The van der Waals surface area contributed by atoms with E-state index in [-0.39, 0.29) is 29.6 Å². The molecule has 0 radical (unpaired) electrons. The van der Waals surface area contributed by atoms with Crippen LogP contribution in [0.25, 0.3) is 0 Å². The Bertz CT molecular complexity index is 1210. The molecule has 1 aliphatic rings. The van der Waals surface area contributed by atoms with Crippen LogP contribution >= 0.6 is 22.9 Å². The quantitative estimate of drug-likeness (QED) is 0.552. The summed E-state index contributed by atoms with van der Waals surface area (Å²) in [6.07, 6.45) is 0.0654. The number of carbonyl (C=O) groups excluding carboxylic acids is 2. The third kappa shape index (κ3) is 4.52. The maximum absolute atomic E-state index is 14.1. The highest BCUT2D eigenvalue weighted by atomic mass is 35.5. The fourth-order valence-electron chi connectivity index (χ4n) is 3.33. The molecule has 1 aromatic heterocycles. The van der Waals surface area contributed by atoms with Gasteiger partial charge in [-0.15, -0.1) is 11.3 Å². The number of amides is 2. The minimum absolute atomic E-state index is 0.00695. The van der Waals surface area contributed by atoms with Crippen molar-refractivity contribution in [2.24, 2.45) is 4.99 Å². The van der Waals surface area contributed by atoms with Gasteiger partial charge in [-0.3, -0.25) is 9.59 Å². The highest BCUT2D eigenvalue weighted by molar-refractivity contribution is 7.12. The lowest BCUT2D eigenvalue weighted by atomic mass is 10.1. The second kappa shape index (κ2) is 8.61. The van der Waals surface area contributed by atoms with Crippen molar-refractivity contribution in [3.05, 3.63) is 74.7 Å². The van der Waals surface area contributed by atoms with Crippen molar-refractivity contribution >= 4 is 57.5 Å². The first-order valence-corrected chi connectivity index (χ1v) is 10.9. The monoisotopic (exact) mass is 455 g/mol. The summed E-state index contributed by atoms with van der Waals surface area (Å²) in [6.45, 7) is 3.66. The summed E-state index contributed by atoms with van der Waals surface area (Å²) < 4.78 is 14.1. The van der Waals surface area contributed by atoms with Gasteiger partial charge in [-0.1, -0.05) is 17.7 Å². The second-order valence-electron chi connectivity index (χ2n) is 7.29. The summed E-state index contributed by atoms with van der Waals surface area (Å²) in [7, 11) is 0. The number of rotatable bonds is 4. The number of benzene rings is 2. The number of nitrogens with one attached hydrogen (secondary N) is 1. The normalized spacial score (nSPS) is 13.5. The van der Waals surface area contributed by atoms with Crippen LogP contribution in [-0.4, -0.2) is 24.1 Å². The summed E-state index contributed by atoms with van der Waals surface area (Å²) in [6, 6.07) is 11.6. The number of aryl methyl sites for hydroxylation is 2. The summed E-state index contributed by atoms with van der Waals surface area (Å²) in [5, 5.41) is 4.68. The summed E-state index contributed by atoms with van der Waals surface area (Å²) in [5.41, 5.74) is 3.88. The molecule has 3 aromatic rings. The Morgan fingerprint density at radius 1 is 1.23 bits per heavy atom. The molecule has 2 heterocycles. The third-order valence-corrected chi connectivity index (χ3v) is 6.22. The maximum atomic E-state index is 14.1. The molecule has 5 nitrogen and oxygen atoms in total. The lowest BCUT2D eigenvalue weighted by molar-refractivity contribution is -0.120. The molecule has 0 bridgehead atoms. The van der Waals surface area contributed by atoms with Gasteiger partial charge in [0.1, 0.15) is 12.4 Å². The smallest absolute Gasteiger partial charge is 0.244 e. The lowest BCUT2D eigenvalue weighted by Crippen LogP contribution is -2.38. The molecule has 0 saturated heterocycles. The molecule has 0 atom stereocenters. The Hall–Kier alpha value is -3.03. The van der Waals surface area contributed by atoms with Crippen LogP contribution in [0.4, 0.5) is 21.5 Å². The number of anilines is 2. The molecule has 0 aliphatic carbocycles. The molecule has 1 aliphatic heterocycles. The third-order valence-electron chi connectivity index (χ3n) is 5.07. The molecule has 31 heavy (non-hydrogen) atoms. The first-order chi connectivity index (χ1) is 14.8. The van der Waals surface area contributed by atoms with Crippen molar-refractivity contribution in [1.82, 2.24) is 0 Å². The van der Waals surface area contributed by atoms with Crippen molar-refractivity contribution < 1.29 is 14.0 Å². The first-order valence-electron chi connectivity index (χ1n) is 9.60. The van der Waals surface area contributed by atoms with Crippen LogP contribution in [-0.2, 0) is 9.59 Å². The van der Waals surface area contributed by atoms with Gasteiger partial charge in [0.05, 0.1) is 29.2 Å². The summed E-state index contributed by atoms with van der Waals surface area (Å²) in [5.74, 6) is -1.41. The Labute approximate surface area is 188 Å². The van der Waals surface area contributed by atoms with Crippen LogP contribution < -0.4 is 10.2 Å². The minimum atomic E-state index is -0.641. The molecule has 0 fully saturated rings. The van der Waals surface area contributed by atoms with Crippen molar-refractivity contribution in [3.8, 4) is 0 Å². The standard InChI is InChI=1S/C23H19ClFN3O2S/c1-13-8-18-20(9-14(13)2)28(23(30)11-19(26-18)21-4-3-7-31-21)12-22(29)27-17-6-5-15(24)10-16(17)25/h3-10H,11-12H2,1-2H3,(H,27,29). The molecule has 2 aromatic carbocycles. The molecule has 0 saturated carbocycles. The van der Waals surface area contributed by atoms with Crippen LogP contribution in [0.5, 0.6) is 0 Å². The van der Waals surface area contributed by atoms with Crippen LogP contribution in [0.3, 0.4) is 0 Å². The van der Waals surface area contributed by atoms with Gasteiger partial charge in [-0.05, 0) is 66.8 Å². The van der Waals surface area contributed by atoms with E-state index in [0.717, 1.165) is 22.1 Å². The molecule has 2 amide bonds. The highest BCUT2D eigenvalue weighted by Crippen LogP contribution is 2.36. The average Bonchev–Trinajstić information content (AvgIpc) is 3.21. The molecule has 0 unspecified atom stereocenters. The van der Waals surface area contributed by atoms with Crippen molar-refractivity contribution in [1.29, 1.82) is 0 Å². The predicted molar refractivity (Wildman–Crippen MR) is 123 cm³/mol. The van der Waals surface area contributed by atoms with Crippen LogP contribution in [0.15, 0.2) is 52.8 Å². The predicted octanol–water partition coefficient (Wildman–Crippen LogP) is 5.65. The maximum Gasteiger partial charge on any atom is 0.244 e. The topological polar surface area (TPSA) is 61.8 Å². The lowest BCUT2D eigenvalue weighted by Gasteiger charge is -2.23. The zero-order valence-electron chi connectivity index (χ0n) is 16.9. The number of carbonyl (C=O) groups is 2. The molecular formula is C23H19ClFN3O2S. The number of thiophene rings is 1. The Kier molecular flexibility index (Phi) is 5.89. The minimum Gasteiger partial charge on any atom is -0.322 e. The fourth-order valence-corrected chi connectivity index (χ4v) is 4.21. The van der Waals surface area contributed by atoms with Gasteiger partial charge in [-0.25, -0.2) is 9.38 Å². The molecule has 1 N–H and O–H groups in total. The summed E-state index contributed by atoms with van der Waals surface area (Å²) in [4.78, 5) is 32.9. The van der Waals surface area contributed by atoms with Gasteiger partial charge < -0.3 is 10.2 Å². The van der Waals surface area contributed by atoms with Gasteiger partial charge in [-0.2, -0.15) is 0 Å². The second-order valence-corrected chi connectivity index (χ2v) is 8.67. The fraction of sp³-hybridized carbons (Fsp3) is 0.174. The van der Waals surface area contributed by atoms with E-state index < -0.39 is 11.7 Å². The largest absolute Gasteiger partial charge is 0.322 e. The van der Waals surface area contributed by atoms with E-state index in [1.165, 1.54) is 28.4 Å². The Balaban J connectivity index is 1.66. The van der Waals surface area contributed by atoms with Crippen molar-refractivity contribution in [2.45, 2.75) is 20.3 Å². The van der Waals surface area contributed by atoms with E-state index in [1.54, 1.807) is 0 Å². The number of hydrogen-bond donors (Lipinski definition) is 1. The first kappa shape index (κ1) is 21.2. The molecule has 8 heteroatoms. The van der Waals surface area contributed by atoms with E-state index in [2.05, 4.69) is 5.32 Å². The van der Waals surface area contributed by atoms with E-state index in [0.29, 0.717) is 17.1 Å².